The van der Waals surface area contributed by atoms with E-state index in [4.69, 9.17) is 5.11 Å². The lowest BCUT2D eigenvalue weighted by atomic mass is 9.78. The third kappa shape index (κ3) is 1.06. The summed E-state index contributed by atoms with van der Waals surface area (Å²) in [5.41, 5.74) is -0.705. The maximum Gasteiger partial charge on any atom is 0.309 e. The molecule has 78 valence electrons. The number of carboxylic acids is 2. The summed E-state index contributed by atoms with van der Waals surface area (Å²) >= 11 is 0. The summed E-state index contributed by atoms with van der Waals surface area (Å²) in [5.74, 6) is -2.16. The third-order valence-corrected chi connectivity index (χ3v) is 3.98. The van der Waals surface area contributed by atoms with Gasteiger partial charge in [-0.15, -0.1) is 0 Å². The fraction of sp³-hybridized carbons (Fsp3) is 0.800. The summed E-state index contributed by atoms with van der Waals surface area (Å²) in [4.78, 5) is 22.1. The Morgan fingerprint density at radius 3 is 2.43 bits per heavy atom. The molecule has 0 unspecified atom stereocenters. The molecule has 2 aliphatic carbocycles. The minimum absolute atomic E-state index is 0.127. The largest absolute Gasteiger partial charge is 0.481 e. The Bertz CT molecular complexity index is 286. The van der Waals surface area contributed by atoms with Crippen molar-refractivity contribution >= 4 is 11.9 Å². The highest BCUT2D eigenvalue weighted by molar-refractivity contribution is 5.79. The van der Waals surface area contributed by atoms with Gasteiger partial charge in [-0.2, -0.15) is 0 Å². The molecule has 0 spiro atoms. The van der Waals surface area contributed by atoms with Gasteiger partial charge in [0.25, 0.3) is 0 Å². The molecule has 0 bridgehead atoms. The number of carboxylic acid groups (broad SMARTS) is 2. The number of carbonyl (C=O) groups is 2. The molecule has 2 saturated carbocycles. The first-order chi connectivity index (χ1) is 6.58. The van der Waals surface area contributed by atoms with Crippen LogP contribution in [0.4, 0.5) is 0 Å². The molecule has 14 heavy (non-hydrogen) atoms. The Labute approximate surface area is 81.9 Å². The lowest BCUT2D eigenvalue weighted by Crippen LogP contribution is -2.33. The van der Waals surface area contributed by atoms with Crippen molar-refractivity contribution in [2.45, 2.75) is 32.1 Å². The zero-order valence-electron chi connectivity index (χ0n) is 7.90. The molecule has 0 aromatic rings. The van der Waals surface area contributed by atoms with E-state index in [0.29, 0.717) is 19.3 Å². The fourth-order valence-electron chi connectivity index (χ4n) is 3.28. The number of rotatable bonds is 2. The molecular formula is C10H14O4. The van der Waals surface area contributed by atoms with Crippen LogP contribution in [0.3, 0.4) is 0 Å². The van der Waals surface area contributed by atoms with E-state index in [1.165, 1.54) is 0 Å². The Kier molecular flexibility index (Phi) is 2.01. The highest BCUT2D eigenvalue weighted by atomic mass is 16.4. The highest BCUT2D eigenvalue weighted by Crippen LogP contribution is 2.57. The van der Waals surface area contributed by atoms with Crippen LogP contribution in [-0.2, 0) is 9.59 Å². The van der Waals surface area contributed by atoms with Crippen molar-refractivity contribution < 1.29 is 19.8 Å². The molecule has 3 atom stereocenters. The van der Waals surface area contributed by atoms with E-state index in [-0.39, 0.29) is 5.92 Å². The number of hydrogen-bond donors (Lipinski definition) is 2. The molecule has 4 nitrogen and oxygen atoms in total. The van der Waals surface area contributed by atoms with Crippen LogP contribution in [0.5, 0.6) is 0 Å². The van der Waals surface area contributed by atoms with Crippen molar-refractivity contribution in [3.63, 3.8) is 0 Å². The lowest BCUT2D eigenvalue weighted by Gasteiger charge is -2.24. The molecule has 2 aliphatic rings. The lowest BCUT2D eigenvalue weighted by molar-refractivity contribution is -0.152. The summed E-state index contributed by atoms with van der Waals surface area (Å²) in [7, 11) is 0. The second-order valence-corrected chi connectivity index (χ2v) is 4.44. The molecule has 0 amide bonds. The summed E-state index contributed by atoms with van der Waals surface area (Å²) in [6.07, 6.45) is 3.37. The van der Waals surface area contributed by atoms with Gasteiger partial charge in [-0.25, -0.2) is 0 Å². The number of fused-ring (bicyclic) bond motifs is 1. The van der Waals surface area contributed by atoms with E-state index in [1.54, 1.807) is 0 Å². The average molecular weight is 198 g/mol. The van der Waals surface area contributed by atoms with Crippen LogP contribution in [0.25, 0.3) is 0 Å². The van der Waals surface area contributed by atoms with Crippen molar-refractivity contribution in [3.05, 3.63) is 0 Å². The summed E-state index contributed by atoms with van der Waals surface area (Å²) in [5, 5.41) is 18.1. The molecule has 4 heteroatoms. The van der Waals surface area contributed by atoms with Gasteiger partial charge in [0.1, 0.15) is 0 Å². The summed E-state index contributed by atoms with van der Waals surface area (Å²) in [6.45, 7) is 0. The van der Waals surface area contributed by atoms with Crippen molar-refractivity contribution in [2.75, 3.05) is 0 Å². The molecule has 0 radical (unpaired) electrons. The fourth-order valence-corrected chi connectivity index (χ4v) is 3.28. The average Bonchev–Trinajstić information content (AvgIpc) is 2.58. The zero-order chi connectivity index (χ0) is 10.3. The molecular weight excluding hydrogens is 184 g/mol. The summed E-state index contributed by atoms with van der Waals surface area (Å²) < 4.78 is 0. The monoisotopic (exact) mass is 198 g/mol. The van der Waals surface area contributed by atoms with Crippen LogP contribution < -0.4 is 0 Å². The van der Waals surface area contributed by atoms with Gasteiger partial charge < -0.3 is 10.2 Å². The van der Waals surface area contributed by atoms with Crippen LogP contribution in [-0.4, -0.2) is 22.2 Å². The number of aliphatic carboxylic acids is 2. The van der Waals surface area contributed by atoms with Gasteiger partial charge in [-0.05, 0) is 31.6 Å². The van der Waals surface area contributed by atoms with E-state index in [9.17, 15) is 14.7 Å². The third-order valence-electron chi connectivity index (χ3n) is 3.98. The molecule has 2 N–H and O–H groups in total. The maximum atomic E-state index is 11.2. The minimum atomic E-state index is -0.819. The molecule has 0 heterocycles. The van der Waals surface area contributed by atoms with Crippen molar-refractivity contribution in [3.8, 4) is 0 Å². The van der Waals surface area contributed by atoms with Gasteiger partial charge in [0, 0.05) is 0 Å². The van der Waals surface area contributed by atoms with Gasteiger partial charge in [-0.3, -0.25) is 9.59 Å². The predicted octanol–water partition coefficient (Wildman–Crippen LogP) is 1.35. The predicted molar refractivity (Wildman–Crippen MR) is 47.8 cm³/mol. The zero-order valence-corrected chi connectivity index (χ0v) is 7.90. The Morgan fingerprint density at radius 2 is 1.86 bits per heavy atom. The molecule has 0 saturated heterocycles. The van der Waals surface area contributed by atoms with E-state index in [0.717, 1.165) is 12.8 Å². The standard InChI is InChI=1S/C10H14O4/c11-8(12)6-3-5-10(9(13)14)4-1-2-7(6)10/h6-7H,1-5H2,(H,11,12)(H,13,14)/t6-,7-,10+/m1/s1. The van der Waals surface area contributed by atoms with Gasteiger partial charge in [0.05, 0.1) is 11.3 Å². The molecule has 0 aromatic carbocycles. The van der Waals surface area contributed by atoms with E-state index in [2.05, 4.69) is 0 Å². The van der Waals surface area contributed by atoms with Gasteiger partial charge >= 0.3 is 11.9 Å². The topological polar surface area (TPSA) is 74.6 Å². The molecule has 0 aliphatic heterocycles. The van der Waals surface area contributed by atoms with Crippen LogP contribution in [0.2, 0.25) is 0 Å². The van der Waals surface area contributed by atoms with Crippen LogP contribution in [0.15, 0.2) is 0 Å². The Hall–Kier alpha value is -1.06. The van der Waals surface area contributed by atoms with Gasteiger partial charge in [0.2, 0.25) is 0 Å². The molecule has 2 fully saturated rings. The van der Waals surface area contributed by atoms with E-state index < -0.39 is 23.3 Å². The molecule has 2 rings (SSSR count). The smallest absolute Gasteiger partial charge is 0.309 e. The summed E-state index contributed by atoms with van der Waals surface area (Å²) in [6, 6.07) is 0. The second-order valence-electron chi connectivity index (χ2n) is 4.44. The van der Waals surface area contributed by atoms with Crippen molar-refractivity contribution in [2.24, 2.45) is 17.3 Å². The highest BCUT2D eigenvalue weighted by Gasteiger charge is 2.57. The van der Waals surface area contributed by atoms with E-state index >= 15 is 0 Å². The van der Waals surface area contributed by atoms with Crippen LogP contribution >= 0.6 is 0 Å². The normalized spacial score (nSPS) is 40.9. The Morgan fingerprint density at radius 1 is 1.14 bits per heavy atom. The first-order valence-electron chi connectivity index (χ1n) is 5.04. The SMILES string of the molecule is O=C(O)[C@@H]1CC[C@@]2(C(=O)O)CCC[C@H]12. The second kappa shape index (κ2) is 2.97. The number of hydrogen-bond acceptors (Lipinski definition) is 2. The first kappa shape index (κ1) is 9.49. The van der Waals surface area contributed by atoms with E-state index in [1.807, 2.05) is 0 Å². The van der Waals surface area contributed by atoms with Gasteiger partial charge in [0.15, 0.2) is 0 Å². The van der Waals surface area contributed by atoms with Crippen molar-refractivity contribution in [1.29, 1.82) is 0 Å². The van der Waals surface area contributed by atoms with Gasteiger partial charge in [-0.1, -0.05) is 6.42 Å². The molecule has 0 aromatic heterocycles. The maximum absolute atomic E-state index is 11.2. The minimum Gasteiger partial charge on any atom is -0.481 e. The van der Waals surface area contributed by atoms with Crippen LogP contribution in [0, 0.1) is 17.3 Å². The quantitative estimate of drug-likeness (QED) is 0.702. The van der Waals surface area contributed by atoms with Crippen LogP contribution in [0.1, 0.15) is 32.1 Å². The first-order valence-corrected chi connectivity index (χ1v) is 5.04. The Balaban J connectivity index is 2.28. The van der Waals surface area contributed by atoms with Crippen molar-refractivity contribution in [1.82, 2.24) is 0 Å².